The van der Waals surface area contributed by atoms with Gasteiger partial charge in [0.2, 0.25) is 0 Å². The van der Waals surface area contributed by atoms with Gasteiger partial charge in [-0.05, 0) is 12.8 Å². The molecule has 0 aromatic heterocycles. The second-order valence-corrected chi connectivity index (χ2v) is 1.50. The summed E-state index contributed by atoms with van der Waals surface area (Å²) < 4.78 is 0. The third-order valence-electron chi connectivity index (χ3n) is 0.542. The topological polar surface area (TPSA) is 20.2 Å². The monoisotopic (exact) mass is 132 g/mol. The van der Waals surface area contributed by atoms with Gasteiger partial charge in [-0.3, -0.25) is 0 Å². The van der Waals surface area contributed by atoms with Crippen LogP contribution in [0.15, 0.2) is 0 Å². The second kappa shape index (κ2) is 10.3. The van der Waals surface area contributed by atoms with Crippen LogP contribution in [0.3, 0.4) is 0 Å². The van der Waals surface area contributed by atoms with E-state index in [1.54, 1.807) is 0 Å². The summed E-state index contributed by atoms with van der Waals surface area (Å²) >= 11 is 5.27. The average molecular weight is 133 g/mol. The molecule has 0 bridgehead atoms. The first-order valence-electron chi connectivity index (χ1n) is 2.08. The predicted molar refractivity (Wildman–Crippen MR) is 34.2 cm³/mol. The summed E-state index contributed by atoms with van der Waals surface area (Å²) in [6, 6.07) is 0. The molecule has 0 spiro atoms. The van der Waals surface area contributed by atoms with Crippen molar-refractivity contribution in [3.8, 4) is 0 Å². The number of halogens is 1. The summed E-state index contributed by atoms with van der Waals surface area (Å²) in [5, 5.41) is 8.14. The zero-order valence-corrected chi connectivity index (χ0v) is 4.41. The van der Waals surface area contributed by atoms with E-state index in [9.17, 15) is 0 Å². The van der Waals surface area contributed by atoms with Gasteiger partial charge in [0.05, 0.1) is 0 Å². The third kappa shape index (κ3) is 11.1. The zero-order chi connectivity index (χ0) is 4.83. The first kappa shape index (κ1) is 11.1. The molecule has 0 radical (unpaired) electrons. The van der Waals surface area contributed by atoms with E-state index in [2.05, 4.69) is 0 Å². The first-order chi connectivity index (χ1) is 2.91. The molecule has 0 aliphatic carbocycles. The molecule has 0 aliphatic heterocycles. The van der Waals surface area contributed by atoms with Gasteiger partial charge in [-0.1, -0.05) is 0 Å². The van der Waals surface area contributed by atoms with Gasteiger partial charge in [0, 0.05) is 12.5 Å². The Hall–Kier alpha value is 1.25. The SMILES string of the molecule is OCCCCCl.[NaH]. The Morgan fingerprint density at radius 2 is 1.86 bits per heavy atom. The molecule has 0 aromatic carbocycles. The van der Waals surface area contributed by atoms with Crippen molar-refractivity contribution in [1.82, 2.24) is 0 Å². The van der Waals surface area contributed by atoms with Crippen LogP contribution >= 0.6 is 11.6 Å². The molecule has 0 saturated heterocycles. The molecule has 0 aromatic rings. The van der Waals surface area contributed by atoms with Gasteiger partial charge in [0.25, 0.3) is 0 Å². The van der Waals surface area contributed by atoms with E-state index in [0.29, 0.717) is 5.88 Å². The summed E-state index contributed by atoms with van der Waals surface area (Å²) in [5.74, 6) is 0.667. The van der Waals surface area contributed by atoms with E-state index >= 15 is 0 Å². The van der Waals surface area contributed by atoms with Crippen molar-refractivity contribution in [3.63, 3.8) is 0 Å². The molecule has 1 N–H and O–H groups in total. The summed E-state index contributed by atoms with van der Waals surface area (Å²) in [4.78, 5) is 0. The van der Waals surface area contributed by atoms with E-state index < -0.39 is 0 Å². The Morgan fingerprint density at radius 3 is 2.00 bits per heavy atom. The van der Waals surface area contributed by atoms with Gasteiger partial charge in [0.1, 0.15) is 0 Å². The summed E-state index contributed by atoms with van der Waals surface area (Å²) in [5.41, 5.74) is 0. The van der Waals surface area contributed by atoms with Crippen molar-refractivity contribution in [1.29, 1.82) is 0 Å². The summed E-state index contributed by atoms with van der Waals surface area (Å²) in [7, 11) is 0. The van der Waals surface area contributed by atoms with Crippen LogP contribution in [0.25, 0.3) is 0 Å². The zero-order valence-electron chi connectivity index (χ0n) is 3.65. The molecule has 1 nitrogen and oxygen atoms in total. The summed E-state index contributed by atoms with van der Waals surface area (Å²) in [6.07, 6.45) is 1.77. The molecule has 0 aliphatic rings. The third-order valence-corrected chi connectivity index (χ3v) is 0.809. The number of hydrogen-bond acceptors (Lipinski definition) is 1. The Balaban J connectivity index is 0. The minimum absolute atomic E-state index is 0. The van der Waals surface area contributed by atoms with Crippen LogP contribution < -0.4 is 0 Å². The van der Waals surface area contributed by atoms with Gasteiger partial charge >= 0.3 is 29.6 Å². The molecule has 0 amide bonds. The van der Waals surface area contributed by atoms with Crippen molar-refractivity contribution < 1.29 is 5.11 Å². The fraction of sp³-hybridized carbons (Fsp3) is 1.00. The molecule has 0 fully saturated rings. The van der Waals surface area contributed by atoms with Crippen molar-refractivity contribution in [2.24, 2.45) is 0 Å². The van der Waals surface area contributed by atoms with Crippen LogP contribution in [0, 0.1) is 0 Å². The Morgan fingerprint density at radius 1 is 1.29 bits per heavy atom. The Labute approximate surface area is 71.3 Å². The molecule has 0 saturated carbocycles. The standard InChI is InChI=1S/C4H9ClO.Na.H/c5-3-1-2-4-6;;/h6H,1-4H2;;. The van der Waals surface area contributed by atoms with Gasteiger partial charge in [-0.25, -0.2) is 0 Å². The van der Waals surface area contributed by atoms with Crippen LogP contribution in [0.4, 0.5) is 0 Å². The number of aliphatic hydroxyl groups excluding tert-OH is 1. The van der Waals surface area contributed by atoms with Crippen LogP contribution in [0.1, 0.15) is 12.8 Å². The summed E-state index contributed by atoms with van der Waals surface area (Å²) in [6.45, 7) is 0.271. The number of alkyl halides is 1. The predicted octanol–water partition coefficient (Wildman–Crippen LogP) is 0.349. The second-order valence-electron chi connectivity index (χ2n) is 1.12. The molecule has 3 heteroatoms. The quantitative estimate of drug-likeness (QED) is 0.334. The maximum atomic E-state index is 8.14. The van der Waals surface area contributed by atoms with E-state index in [-0.39, 0.29) is 36.2 Å². The van der Waals surface area contributed by atoms with Crippen molar-refractivity contribution in [2.45, 2.75) is 12.8 Å². The van der Waals surface area contributed by atoms with Crippen molar-refractivity contribution in [3.05, 3.63) is 0 Å². The maximum absolute atomic E-state index is 8.14. The minimum atomic E-state index is 0. The molecular weight excluding hydrogens is 122 g/mol. The molecule has 0 heterocycles. The average Bonchev–Trinajstić information content (AvgIpc) is 1.61. The molecule has 40 valence electrons. The van der Waals surface area contributed by atoms with Gasteiger partial charge in [-0.15, -0.1) is 11.6 Å². The van der Waals surface area contributed by atoms with E-state index in [4.69, 9.17) is 16.7 Å². The van der Waals surface area contributed by atoms with Crippen LogP contribution in [0.5, 0.6) is 0 Å². The fourth-order valence-electron chi connectivity index (χ4n) is 0.206. The van der Waals surface area contributed by atoms with E-state index in [1.807, 2.05) is 0 Å². The fourth-order valence-corrected chi connectivity index (χ4v) is 0.395. The Kier molecular flexibility index (Phi) is 16.3. The van der Waals surface area contributed by atoms with Gasteiger partial charge in [-0.2, -0.15) is 0 Å². The number of aliphatic hydroxyl groups is 1. The number of hydrogen-bond donors (Lipinski definition) is 1. The van der Waals surface area contributed by atoms with Crippen LogP contribution in [-0.4, -0.2) is 47.2 Å². The van der Waals surface area contributed by atoms with E-state index in [1.165, 1.54) is 0 Å². The first-order valence-corrected chi connectivity index (χ1v) is 2.62. The number of unbranched alkanes of at least 4 members (excludes halogenated alkanes) is 1. The molecule has 0 atom stereocenters. The van der Waals surface area contributed by atoms with Crippen LogP contribution in [-0.2, 0) is 0 Å². The van der Waals surface area contributed by atoms with Gasteiger partial charge in [0.15, 0.2) is 0 Å². The Bertz CT molecular complexity index is 23.7. The number of rotatable bonds is 3. The van der Waals surface area contributed by atoms with Crippen LogP contribution in [0.2, 0.25) is 0 Å². The molecule has 0 rings (SSSR count). The molecular formula is C4H10ClNaO. The van der Waals surface area contributed by atoms with Crippen molar-refractivity contribution >= 4 is 41.2 Å². The van der Waals surface area contributed by atoms with E-state index in [0.717, 1.165) is 12.8 Å². The molecule has 7 heavy (non-hydrogen) atoms. The molecule has 0 unspecified atom stereocenters. The van der Waals surface area contributed by atoms with Gasteiger partial charge < -0.3 is 5.11 Å². The van der Waals surface area contributed by atoms with Crippen molar-refractivity contribution in [2.75, 3.05) is 12.5 Å². The normalized spacial score (nSPS) is 7.71.